The minimum atomic E-state index is 0.691. The van der Waals surface area contributed by atoms with Crippen LogP contribution in [0.3, 0.4) is 0 Å². The van der Waals surface area contributed by atoms with Crippen LogP contribution < -0.4 is 0 Å². The molecule has 0 aromatic rings. The number of methoxy groups -OCH3 is 2. The van der Waals surface area contributed by atoms with Crippen LogP contribution in [0.25, 0.3) is 0 Å². The first-order valence-electron chi connectivity index (χ1n) is 3.73. The topological polar surface area (TPSA) is 59.0 Å². The predicted octanol–water partition coefficient (Wildman–Crippen LogP) is -0.408. The van der Waals surface area contributed by atoms with Gasteiger partial charge in [0.25, 0.3) is 0 Å². The van der Waals surface area contributed by atoms with Crippen LogP contribution in [-0.4, -0.2) is 65.1 Å². The average molecular weight is 195 g/mol. The van der Waals surface area contributed by atoms with Gasteiger partial charge in [-0.25, -0.2) is 0 Å². The van der Waals surface area contributed by atoms with E-state index >= 15 is 0 Å². The summed E-state index contributed by atoms with van der Waals surface area (Å²) < 4.78 is 9.31. The Morgan fingerprint density at radius 3 is 1.46 bits per heavy atom. The molecule has 0 aromatic carbocycles. The zero-order valence-electron chi connectivity index (χ0n) is 9.11. The number of hydrogen-bond acceptors (Lipinski definition) is 4. The zero-order chi connectivity index (χ0) is 11.1. The summed E-state index contributed by atoms with van der Waals surface area (Å²) in [6.07, 6.45) is 0.750. The van der Waals surface area contributed by atoms with E-state index in [1.165, 1.54) is 4.90 Å². The molecular formula is C8H21NO4. The highest BCUT2D eigenvalue weighted by Gasteiger charge is 1.73. The number of amides is 1. The van der Waals surface area contributed by atoms with E-state index in [4.69, 9.17) is 5.11 Å². The van der Waals surface area contributed by atoms with Gasteiger partial charge in [0.2, 0.25) is 6.41 Å². The summed E-state index contributed by atoms with van der Waals surface area (Å²) >= 11 is 0. The van der Waals surface area contributed by atoms with Gasteiger partial charge in [-0.3, -0.25) is 4.79 Å². The van der Waals surface area contributed by atoms with E-state index in [2.05, 4.69) is 9.47 Å². The number of aliphatic hydroxyl groups excluding tert-OH is 1. The molecule has 0 saturated carbocycles. The maximum Gasteiger partial charge on any atom is 0.209 e. The van der Waals surface area contributed by atoms with Gasteiger partial charge in [0.05, 0.1) is 13.2 Å². The molecule has 1 N–H and O–H groups in total. The molecule has 0 fully saturated rings. The lowest BCUT2D eigenvalue weighted by atomic mass is 10.8. The fourth-order valence-corrected chi connectivity index (χ4v) is 0.167. The van der Waals surface area contributed by atoms with Gasteiger partial charge < -0.3 is 19.5 Å². The van der Waals surface area contributed by atoms with Gasteiger partial charge in [-0.1, -0.05) is 0 Å². The Morgan fingerprint density at radius 2 is 1.38 bits per heavy atom. The third-order valence-corrected chi connectivity index (χ3v) is 0.702. The van der Waals surface area contributed by atoms with Crippen molar-refractivity contribution in [3.63, 3.8) is 0 Å². The van der Waals surface area contributed by atoms with E-state index in [9.17, 15) is 4.79 Å². The van der Waals surface area contributed by atoms with E-state index < -0.39 is 0 Å². The van der Waals surface area contributed by atoms with Gasteiger partial charge in [-0.15, -0.1) is 0 Å². The van der Waals surface area contributed by atoms with Crippen LogP contribution in [0.15, 0.2) is 0 Å². The summed E-state index contributed by atoms with van der Waals surface area (Å²) in [5, 5.41) is 7.00. The van der Waals surface area contributed by atoms with Crippen molar-refractivity contribution in [2.24, 2.45) is 0 Å². The Hall–Kier alpha value is -0.650. The monoisotopic (exact) mass is 195 g/mol. The summed E-state index contributed by atoms with van der Waals surface area (Å²) in [6, 6.07) is 0. The van der Waals surface area contributed by atoms with E-state index in [1.807, 2.05) is 0 Å². The van der Waals surface area contributed by atoms with Crippen molar-refractivity contribution in [1.29, 1.82) is 0 Å². The van der Waals surface area contributed by atoms with Crippen LogP contribution in [0.2, 0.25) is 0 Å². The molecule has 0 rings (SSSR count). The second kappa shape index (κ2) is 22.5. The van der Waals surface area contributed by atoms with Gasteiger partial charge in [0.1, 0.15) is 0 Å². The van der Waals surface area contributed by atoms with Crippen molar-refractivity contribution in [3.05, 3.63) is 0 Å². The fourth-order valence-electron chi connectivity index (χ4n) is 0.167. The second-order valence-electron chi connectivity index (χ2n) is 2.05. The minimum absolute atomic E-state index is 0.691. The van der Waals surface area contributed by atoms with E-state index in [0.29, 0.717) is 13.2 Å². The molecule has 0 radical (unpaired) electrons. The smallest absolute Gasteiger partial charge is 0.209 e. The molecule has 0 aromatic heterocycles. The predicted molar refractivity (Wildman–Crippen MR) is 51.6 cm³/mol. The summed E-state index contributed by atoms with van der Waals surface area (Å²) in [5.41, 5.74) is 0. The highest BCUT2D eigenvalue weighted by Crippen LogP contribution is 1.65. The molecule has 0 aliphatic heterocycles. The first-order chi connectivity index (χ1) is 6.18. The van der Waals surface area contributed by atoms with Crippen molar-refractivity contribution in [2.75, 3.05) is 48.6 Å². The van der Waals surface area contributed by atoms with Gasteiger partial charge in [-0.05, 0) is 0 Å². The van der Waals surface area contributed by atoms with E-state index in [-0.39, 0.29) is 0 Å². The molecule has 0 bridgehead atoms. The molecule has 5 nitrogen and oxygen atoms in total. The molecule has 82 valence electrons. The average Bonchev–Trinajstić information content (AvgIpc) is 2.18. The molecule has 5 heteroatoms. The molecule has 0 unspecified atom stereocenters. The Kier molecular flexibility index (Phi) is 31.5. The Labute approximate surface area is 80.2 Å². The minimum Gasteiger partial charge on any atom is -0.400 e. The highest BCUT2D eigenvalue weighted by atomic mass is 16.5. The molecule has 13 heavy (non-hydrogen) atoms. The van der Waals surface area contributed by atoms with Crippen molar-refractivity contribution in [3.8, 4) is 0 Å². The highest BCUT2D eigenvalue weighted by molar-refractivity contribution is 5.45. The molecular weight excluding hydrogens is 174 g/mol. The quantitative estimate of drug-likeness (QED) is 0.489. The van der Waals surface area contributed by atoms with Crippen LogP contribution in [0.4, 0.5) is 0 Å². The number of rotatable bonds is 4. The lowest BCUT2D eigenvalue weighted by Crippen LogP contribution is -2.06. The van der Waals surface area contributed by atoms with Crippen LogP contribution in [0, 0.1) is 0 Å². The first-order valence-corrected chi connectivity index (χ1v) is 3.73. The summed E-state index contributed by atoms with van der Waals surface area (Å²) in [5.74, 6) is 0. The molecule has 0 atom stereocenters. The Morgan fingerprint density at radius 1 is 1.15 bits per heavy atom. The number of hydrogen-bond donors (Lipinski definition) is 1. The van der Waals surface area contributed by atoms with E-state index in [1.54, 1.807) is 28.3 Å². The fraction of sp³-hybridized carbons (Fsp3) is 0.875. The standard InChI is InChI=1S/C4H10O2.C3H7NO.CH4O/c1-5-3-4-6-2;1-4(2)3-5;1-2/h3-4H2,1-2H3;3H,1-2H3;2H,1H3. The Balaban J connectivity index is -0.000000131. The number of carbonyl (C=O) groups excluding carboxylic acids is 1. The van der Waals surface area contributed by atoms with Gasteiger partial charge >= 0.3 is 0 Å². The molecule has 0 spiro atoms. The lowest BCUT2D eigenvalue weighted by Gasteiger charge is -1.93. The normalized spacial score (nSPS) is 7.23. The number of carbonyl (C=O) groups is 1. The molecule has 0 saturated heterocycles. The maximum atomic E-state index is 9.43. The van der Waals surface area contributed by atoms with Crippen LogP contribution in [-0.2, 0) is 14.3 Å². The van der Waals surface area contributed by atoms with Crippen molar-refractivity contribution < 1.29 is 19.4 Å². The van der Waals surface area contributed by atoms with Crippen molar-refractivity contribution in [1.82, 2.24) is 4.90 Å². The number of ether oxygens (including phenoxy) is 2. The summed E-state index contributed by atoms with van der Waals surface area (Å²) in [7, 11) is 7.68. The van der Waals surface area contributed by atoms with Gasteiger partial charge in [0, 0.05) is 35.4 Å². The van der Waals surface area contributed by atoms with Crippen molar-refractivity contribution in [2.45, 2.75) is 0 Å². The molecule has 1 amide bonds. The van der Waals surface area contributed by atoms with Gasteiger partial charge in [0.15, 0.2) is 0 Å². The number of aliphatic hydroxyl groups is 1. The third kappa shape index (κ3) is 52.4. The largest absolute Gasteiger partial charge is 0.400 e. The summed E-state index contributed by atoms with van der Waals surface area (Å²) in [4.78, 5) is 10.9. The van der Waals surface area contributed by atoms with E-state index in [0.717, 1.165) is 13.5 Å². The van der Waals surface area contributed by atoms with Gasteiger partial charge in [-0.2, -0.15) is 0 Å². The van der Waals surface area contributed by atoms with Crippen molar-refractivity contribution >= 4 is 6.41 Å². The summed E-state index contributed by atoms with van der Waals surface area (Å²) in [6.45, 7) is 1.38. The zero-order valence-corrected chi connectivity index (χ0v) is 9.11. The molecule has 0 aliphatic rings. The molecule has 0 aliphatic carbocycles. The Bertz CT molecular complexity index is 74.5. The van der Waals surface area contributed by atoms with Crippen LogP contribution in [0.1, 0.15) is 0 Å². The second-order valence-corrected chi connectivity index (χ2v) is 2.05. The SMILES string of the molecule is CN(C)C=O.CO.COCCOC. The molecule has 0 heterocycles. The maximum absolute atomic E-state index is 9.43. The number of nitrogens with zero attached hydrogens (tertiary/aromatic N) is 1. The van der Waals surface area contributed by atoms with Crippen LogP contribution in [0.5, 0.6) is 0 Å². The first kappa shape index (κ1) is 18.2. The lowest BCUT2D eigenvalue weighted by molar-refractivity contribution is -0.115. The third-order valence-electron chi connectivity index (χ3n) is 0.702. The van der Waals surface area contributed by atoms with Crippen LogP contribution >= 0.6 is 0 Å².